The molecule has 0 spiro atoms. The average Bonchev–Trinajstić information content (AvgIpc) is 2.65. The van der Waals surface area contributed by atoms with Gasteiger partial charge in [0.2, 0.25) is 5.95 Å². The van der Waals surface area contributed by atoms with Gasteiger partial charge in [-0.05, 0) is 36.6 Å². The van der Waals surface area contributed by atoms with Crippen LogP contribution in [0.15, 0.2) is 48.7 Å². The first-order valence-electron chi connectivity index (χ1n) is 9.10. The molecular formula is C20H24N6. The standard InChI is InChI=1S/C20H24N6/c1-14-12-26(13-15-6-4-5-10-22-15)11-9-17(14)23-20-24-18-8-3-2-7-16(18)19(21)25-20/h2-8,10,14,17H,9,11-13H2,1H3,(H3,21,23,24,25)/t14-,17-/m1/s1. The number of nitrogen functional groups attached to an aromatic ring is 1. The van der Waals surface area contributed by atoms with E-state index in [0.717, 1.165) is 42.7 Å². The minimum atomic E-state index is 0.343. The molecule has 1 aromatic carbocycles. The molecule has 3 N–H and O–H groups in total. The smallest absolute Gasteiger partial charge is 0.225 e. The van der Waals surface area contributed by atoms with Gasteiger partial charge in [-0.25, -0.2) is 4.98 Å². The van der Waals surface area contributed by atoms with Crippen LogP contribution in [-0.2, 0) is 6.54 Å². The second-order valence-corrected chi connectivity index (χ2v) is 7.02. The molecule has 0 bridgehead atoms. The maximum atomic E-state index is 6.10. The van der Waals surface area contributed by atoms with E-state index in [9.17, 15) is 0 Å². The number of nitrogens with zero attached hydrogens (tertiary/aromatic N) is 4. The summed E-state index contributed by atoms with van der Waals surface area (Å²) < 4.78 is 0. The Hall–Kier alpha value is -2.73. The molecule has 1 aliphatic heterocycles. The molecule has 2 aromatic heterocycles. The number of nitrogens with one attached hydrogen (secondary N) is 1. The summed E-state index contributed by atoms with van der Waals surface area (Å²) in [7, 11) is 0. The number of hydrogen-bond donors (Lipinski definition) is 2. The first kappa shape index (κ1) is 16.7. The summed E-state index contributed by atoms with van der Waals surface area (Å²) in [5.74, 6) is 1.64. The molecule has 0 aliphatic carbocycles. The summed E-state index contributed by atoms with van der Waals surface area (Å²) >= 11 is 0. The highest BCUT2D eigenvalue weighted by molar-refractivity contribution is 5.88. The number of nitrogens with two attached hydrogens (primary N) is 1. The average molecular weight is 348 g/mol. The Morgan fingerprint density at radius 3 is 2.81 bits per heavy atom. The number of piperidine rings is 1. The Morgan fingerprint density at radius 2 is 2.00 bits per heavy atom. The van der Waals surface area contributed by atoms with Gasteiger partial charge >= 0.3 is 0 Å². The van der Waals surface area contributed by atoms with Gasteiger partial charge in [-0.2, -0.15) is 4.98 Å². The second-order valence-electron chi connectivity index (χ2n) is 7.02. The molecule has 2 atom stereocenters. The maximum Gasteiger partial charge on any atom is 0.225 e. The number of likely N-dealkylation sites (tertiary alicyclic amines) is 1. The van der Waals surface area contributed by atoms with E-state index >= 15 is 0 Å². The molecule has 1 aliphatic rings. The summed E-state index contributed by atoms with van der Waals surface area (Å²) in [6, 6.07) is 14.3. The topological polar surface area (TPSA) is 80.0 Å². The van der Waals surface area contributed by atoms with Gasteiger partial charge in [-0.15, -0.1) is 0 Å². The molecule has 134 valence electrons. The molecule has 6 heteroatoms. The van der Waals surface area contributed by atoms with Crippen LogP contribution < -0.4 is 11.1 Å². The number of hydrogen-bond acceptors (Lipinski definition) is 6. The van der Waals surface area contributed by atoms with Crippen molar-refractivity contribution in [1.82, 2.24) is 19.9 Å². The van der Waals surface area contributed by atoms with Crippen LogP contribution >= 0.6 is 0 Å². The van der Waals surface area contributed by atoms with Gasteiger partial charge in [0.15, 0.2) is 0 Å². The van der Waals surface area contributed by atoms with Crippen molar-refractivity contribution >= 4 is 22.7 Å². The molecule has 0 radical (unpaired) electrons. The van der Waals surface area contributed by atoms with Gasteiger partial charge in [0, 0.05) is 37.3 Å². The van der Waals surface area contributed by atoms with Gasteiger partial charge < -0.3 is 11.1 Å². The summed E-state index contributed by atoms with van der Waals surface area (Å²) in [5.41, 5.74) is 8.10. The Labute approximate surface area is 153 Å². The normalized spacial score (nSPS) is 21.0. The predicted molar refractivity (Wildman–Crippen MR) is 105 cm³/mol. The van der Waals surface area contributed by atoms with Crippen molar-refractivity contribution in [2.45, 2.75) is 25.9 Å². The van der Waals surface area contributed by atoms with Gasteiger partial charge in [0.1, 0.15) is 5.82 Å². The highest BCUT2D eigenvalue weighted by Gasteiger charge is 2.27. The lowest BCUT2D eigenvalue weighted by atomic mass is 9.94. The zero-order valence-electron chi connectivity index (χ0n) is 15.0. The lowest BCUT2D eigenvalue weighted by Crippen LogP contribution is -2.45. The monoisotopic (exact) mass is 348 g/mol. The van der Waals surface area contributed by atoms with Crippen LogP contribution in [0.25, 0.3) is 10.9 Å². The number of benzene rings is 1. The minimum absolute atomic E-state index is 0.343. The van der Waals surface area contributed by atoms with Crippen LogP contribution in [0, 0.1) is 5.92 Å². The number of para-hydroxylation sites is 1. The van der Waals surface area contributed by atoms with Crippen molar-refractivity contribution in [2.75, 3.05) is 24.1 Å². The fourth-order valence-corrected chi connectivity index (χ4v) is 3.64. The van der Waals surface area contributed by atoms with Gasteiger partial charge in [0.25, 0.3) is 0 Å². The van der Waals surface area contributed by atoms with E-state index in [4.69, 9.17) is 5.73 Å². The number of fused-ring (bicyclic) bond motifs is 1. The highest BCUT2D eigenvalue weighted by atomic mass is 15.2. The molecule has 1 fully saturated rings. The Kier molecular flexibility index (Phi) is 4.67. The first-order valence-corrected chi connectivity index (χ1v) is 9.10. The van der Waals surface area contributed by atoms with Crippen LogP contribution in [0.1, 0.15) is 19.0 Å². The molecule has 3 heterocycles. The molecular weight excluding hydrogens is 324 g/mol. The Balaban J connectivity index is 1.42. The lowest BCUT2D eigenvalue weighted by molar-refractivity contribution is 0.163. The van der Waals surface area contributed by atoms with Gasteiger partial charge in [-0.3, -0.25) is 9.88 Å². The second kappa shape index (κ2) is 7.25. The summed E-state index contributed by atoms with van der Waals surface area (Å²) in [5, 5.41) is 4.40. The van der Waals surface area contributed by atoms with Crippen molar-refractivity contribution in [2.24, 2.45) is 5.92 Å². The third-order valence-corrected chi connectivity index (χ3v) is 5.05. The van der Waals surface area contributed by atoms with Crippen molar-refractivity contribution in [3.63, 3.8) is 0 Å². The van der Waals surface area contributed by atoms with Crippen molar-refractivity contribution in [3.05, 3.63) is 54.4 Å². The molecule has 6 nitrogen and oxygen atoms in total. The molecule has 1 saturated heterocycles. The zero-order valence-corrected chi connectivity index (χ0v) is 15.0. The molecule has 0 amide bonds. The molecule has 26 heavy (non-hydrogen) atoms. The van der Waals surface area contributed by atoms with Crippen molar-refractivity contribution < 1.29 is 0 Å². The SMILES string of the molecule is C[C@@H]1CN(Cc2ccccn2)CC[C@H]1Nc1nc(N)c2ccccc2n1. The minimum Gasteiger partial charge on any atom is -0.383 e. The van der Waals surface area contributed by atoms with E-state index < -0.39 is 0 Å². The van der Waals surface area contributed by atoms with Gasteiger partial charge in [-0.1, -0.05) is 25.1 Å². The van der Waals surface area contributed by atoms with E-state index in [0.29, 0.717) is 23.7 Å². The van der Waals surface area contributed by atoms with E-state index in [1.165, 1.54) is 0 Å². The number of pyridine rings is 1. The summed E-state index contributed by atoms with van der Waals surface area (Å²) in [6.07, 6.45) is 2.90. The van der Waals surface area contributed by atoms with Crippen molar-refractivity contribution in [3.8, 4) is 0 Å². The fraction of sp³-hybridized carbons (Fsp3) is 0.350. The van der Waals surface area contributed by atoms with E-state index in [1.54, 1.807) is 0 Å². The summed E-state index contributed by atoms with van der Waals surface area (Å²) in [6.45, 7) is 5.23. The summed E-state index contributed by atoms with van der Waals surface area (Å²) in [4.78, 5) is 16.0. The largest absolute Gasteiger partial charge is 0.383 e. The zero-order chi connectivity index (χ0) is 17.9. The third-order valence-electron chi connectivity index (χ3n) is 5.05. The van der Waals surface area contributed by atoms with E-state index in [2.05, 4.69) is 38.2 Å². The Morgan fingerprint density at radius 1 is 1.15 bits per heavy atom. The van der Waals surface area contributed by atoms with Crippen LogP contribution in [0.4, 0.5) is 11.8 Å². The fourth-order valence-electron chi connectivity index (χ4n) is 3.64. The molecule has 4 rings (SSSR count). The lowest BCUT2D eigenvalue weighted by Gasteiger charge is -2.37. The number of aromatic nitrogens is 3. The van der Waals surface area contributed by atoms with E-state index in [1.807, 2.05) is 42.6 Å². The van der Waals surface area contributed by atoms with Crippen LogP contribution in [0.5, 0.6) is 0 Å². The third kappa shape index (κ3) is 3.60. The number of rotatable bonds is 4. The number of anilines is 2. The van der Waals surface area contributed by atoms with Crippen LogP contribution in [0.2, 0.25) is 0 Å². The van der Waals surface area contributed by atoms with Crippen LogP contribution in [-0.4, -0.2) is 39.0 Å². The van der Waals surface area contributed by atoms with Crippen molar-refractivity contribution in [1.29, 1.82) is 0 Å². The van der Waals surface area contributed by atoms with Crippen LogP contribution in [0.3, 0.4) is 0 Å². The molecule has 3 aromatic rings. The first-order chi connectivity index (χ1) is 12.7. The molecule has 0 saturated carbocycles. The van der Waals surface area contributed by atoms with E-state index in [-0.39, 0.29) is 0 Å². The Bertz CT molecular complexity index is 882. The predicted octanol–water partition coefficient (Wildman–Crippen LogP) is 2.93. The van der Waals surface area contributed by atoms with Gasteiger partial charge in [0.05, 0.1) is 11.2 Å². The highest BCUT2D eigenvalue weighted by Crippen LogP contribution is 2.24. The quantitative estimate of drug-likeness (QED) is 0.755. The maximum absolute atomic E-state index is 6.10. The molecule has 0 unspecified atom stereocenters.